The van der Waals surface area contributed by atoms with Crippen LogP contribution >= 0.6 is 22.6 Å². The van der Waals surface area contributed by atoms with Crippen molar-refractivity contribution < 1.29 is 0 Å². The molecule has 1 aromatic rings. The first-order valence-electron chi connectivity index (χ1n) is 7.66. The highest BCUT2D eigenvalue weighted by Gasteiger charge is 2.28. The lowest BCUT2D eigenvalue weighted by Gasteiger charge is -2.29. The minimum atomic E-state index is 0.0150. The number of rotatable bonds is 2. The van der Waals surface area contributed by atoms with Crippen molar-refractivity contribution in [1.29, 1.82) is 0 Å². The molecule has 3 nitrogen and oxygen atoms in total. The van der Waals surface area contributed by atoms with Gasteiger partial charge in [0.05, 0.1) is 9.26 Å². The number of hydrogen-bond acceptors (Lipinski definition) is 3. The van der Waals surface area contributed by atoms with E-state index in [0.29, 0.717) is 11.7 Å². The second-order valence-corrected chi connectivity index (χ2v) is 8.10. The van der Waals surface area contributed by atoms with E-state index in [0.717, 1.165) is 21.0 Å². The molecule has 1 aliphatic carbocycles. The fraction of sp³-hybridized carbons (Fsp3) is 0.750. The molecule has 2 unspecified atom stereocenters. The van der Waals surface area contributed by atoms with Crippen molar-refractivity contribution in [2.45, 2.75) is 71.1 Å². The Morgan fingerprint density at radius 3 is 2.55 bits per heavy atom. The Balaban J connectivity index is 2.35. The van der Waals surface area contributed by atoms with Crippen LogP contribution in [0, 0.1) is 9.49 Å². The van der Waals surface area contributed by atoms with E-state index < -0.39 is 0 Å². The zero-order valence-electron chi connectivity index (χ0n) is 13.0. The van der Waals surface area contributed by atoms with Crippen molar-refractivity contribution >= 4 is 28.4 Å². The molecule has 0 saturated heterocycles. The highest BCUT2D eigenvalue weighted by molar-refractivity contribution is 14.1. The Labute approximate surface area is 136 Å². The van der Waals surface area contributed by atoms with Gasteiger partial charge in [-0.2, -0.15) is 0 Å². The average Bonchev–Trinajstić information content (AvgIpc) is 2.40. The molecular weight excluding hydrogens is 361 g/mol. The van der Waals surface area contributed by atoms with Crippen LogP contribution in [0.3, 0.4) is 0 Å². The van der Waals surface area contributed by atoms with Gasteiger partial charge in [-0.3, -0.25) is 0 Å². The number of nitrogens with zero attached hydrogens (tertiary/aromatic N) is 2. The monoisotopic (exact) mass is 387 g/mol. The van der Waals surface area contributed by atoms with Gasteiger partial charge in [0.1, 0.15) is 11.6 Å². The highest BCUT2D eigenvalue weighted by Crippen LogP contribution is 2.38. The van der Waals surface area contributed by atoms with Gasteiger partial charge in [0, 0.05) is 11.3 Å². The third-order valence-electron chi connectivity index (χ3n) is 4.33. The molecular formula is C16H26IN3. The first-order valence-corrected chi connectivity index (χ1v) is 8.74. The zero-order chi connectivity index (χ0) is 14.9. The van der Waals surface area contributed by atoms with Crippen LogP contribution in [0.5, 0.6) is 0 Å². The van der Waals surface area contributed by atoms with E-state index in [1.54, 1.807) is 0 Å². The van der Waals surface area contributed by atoms with E-state index >= 15 is 0 Å². The number of anilines is 1. The summed E-state index contributed by atoms with van der Waals surface area (Å²) in [5.41, 5.74) is 7.24. The van der Waals surface area contributed by atoms with E-state index in [4.69, 9.17) is 10.7 Å². The summed E-state index contributed by atoms with van der Waals surface area (Å²) in [6.45, 7) is 8.86. The molecule has 1 aromatic heterocycles. The molecule has 0 radical (unpaired) electrons. The van der Waals surface area contributed by atoms with Gasteiger partial charge < -0.3 is 5.73 Å². The Morgan fingerprint density at radius 1 is 1.25 bits per heavy atom. The van der Waals surface area contributed by atoms with Crippen LogP contribution < -0.4 is 5.73 Å². The molecule has 2 rings (SSSR count). The molecule has 0 spiro atoms. The molecule has 1 fully saturated rings. The van der Waals surface area contributed by atoms with Crippen LogP contribution in [-0.4, -0.2) is 9.97 Å². The Morgan fingerprint density at radius 2 is 1.95 bits per heavy atom. The van der Waals surface area contributed by atoms with Crippen molar-refractivity contribution in [2.24, 2.45) is 5.92 Å². The van der Waals surface area contributed by atoms with Gasteiger partial charge in [-0.15, -0.1) is 0 Å². The lowest BCUT2D eigenvalue weighted by Crippen LogP contribution is -2.22. The van der Waals surface area contributed by atoms with Gasteiger partial charge >= 0.3 is 0 Å². The van der Waals surface area contributed by atoms with Crippen molar-refractivity contribution in [3.05, 3.63) is 15.1 Å². The third kappa shape index (κ3) is 3.43. The molecule has 2 atom stereocenters. The van der Waals surface area contributed by atoms with E-state index in [-0.39, 0.29) is 5.41 Å². The van der Waals surface area contributed by atoms with Gasteiger partial charge in [0.15, 0.2) is 0 Å². The summed E-state index contributed by atoms with van der Waals surface area (Å²) in [6, 6.07) is 0. The smallest absolute Gasteiger partial charge is 0.140 e. The summed E-state index contributed by atoms with van der Waals surface area (Å²) in [4.78, 5) is 9.50. The second-order valence-electron chi connectivity index (χ2n) is 7.02. The Kier molecular flexibility index (Phi) is 4.92. The van der Waals surface area contributed by atoms with Crippen LogP contribution in [0.25, 0.3) is 0 Å². The molecule has 1 saturated carbocycles. The molecule has 1 heterocycles. The van der Waals surface area contributed by atoms with Gasteiger partial charge in [-0.05, 0) is 41.4 Å². The van der Waals surface area contributed by atoms with Crippen LogP contribution in [0.15, 0.2) is 0 Å². The molecule has 0 bridgehead atoms. The summed E-state index contributed by atoms with van der Waals surface area (Å²) in [5, 5.41) is 0. The molecule has 112 valence electrons. The summed E-state index contributed by atoms with van der Waals surface area (Å²) in [6.07, 6.45) is 6.35. The first-order chi connectivity index (χ1) is 9.32. The summed E-state index contributed by atoms with van der Waals surface area (Å²) in [5.74, 6) is 2.95. The minimum absolute atomic E-state index is 0.0150. The van der Waals surface area contributed by atoms with E-state index in [1.807, 2.05) is 0 Å². The predicted octanol–water partition coefficient (Wildman–Crippen LogP) is 4.64. The molecule has 4 heteroatoms. The largest absolute Gasteiger partial charge is 0.383 e. The number of hydrogen-bond donors (Lipinski definition) is 1. The standard InChI is InChI=1S/C16H26IN3/c1-5-10-7-6-8-11(9-10)15-19-13(16(2,3)4)12(17)14(18)20-15/h10-11H,5-9H2,1-4H3,(H2,18,19,20). The molecule has 20 heavy (non-hydrogen) atoms. The maximum absolute atomic E-state index is 6.13. The number of halogens is 1. The average molecular weight is 387 g/mol. The maximum atomic E-state index is 6.13. The number of aromatic nitrogens is 2. The Bertz CT molecular complexity index is 479. The maximum Gasteiger partial charge on any atom is 0.140 e. The normalized spacial score (nSPS) is 23.9. The van der Waals surface area contributed by atoms with E-state index in [1.165, 1.54) is 32.1 Å². The second kappa shape index (κ2) is 6.16. The lowest BCUT2D eigenvalue weighted by atomic mass is 9.79. The first kappa shape index (κ1) is 16.0. The minimum Gasteiger partial charge on any atom is -0.383 e. The Hall–Kier alpha value is -0.390. The van der Waals surface area contributed by atoms with Gasteiger partial charge in [-0.1, -0.05) is 47.0 Å². The highest BCUT2D eigenvalue weighted by atomic mass is 127. The van der Waals surface area contributed by atoms with Gasteiger partial charge in [0.25, 0.3) is 0 Å². The van der Waals surface area contributed by atoms with E-state index in [2.05, 4.69) is 55.3 Å². The predicted molar refractivity (Wildman–Crippen MR) is 92.9 cm³/mol. The van der Waals surface area contributed by atoms with Gasteiger partial charge in [-0.25, -0.2) is 9.97 Å². The lowest BCUT2D eigenvalue weighted by molar-refractivity contribution is 0.306. The number of nitrogens with two attached hydrogens (primary N) is 1. The fourth-order valence-electron chi connectivity index (χ4n) is 3.06. The van der Waals surface area contributed by atoms with Crippen molar-refractivity contribution in [3.8, 4) is 0 Å². The van der Waals surface area contributed by atoms with Crippen molar-refractivity contribution in [1.82, 2.24) is 9.97 Å². The van der Waals surface area contributed by atoms with Gasteiger partial charge in [0.2, 0.25) is 0 Å². The van der Waals surface area contributed by atoms with Crippen LogP contribution in [0.2, 0.25) is 0 Å². The molecule has 2 N–H and O–H groups in total. The van der Waals surface area contributed by atoms with Crippen LogP contribution in [-0.2, 0) is 5.41 Å². The molecule has 0 aliphatic heterocycles. The topological polar surface area (TPSA) is 51.8 Å². The fourth-order valence-corrected chi connectivity index (χ4v) is 4.11. The summed E-state index contributed by atoms with van der Waals surface area (Å²) >= 11 is 2.28. The molecule has 1 aliphatic rings. The third-order valence-corrected chi connectivity index (χ3v) is 5.39. The van der Waals surface area contributed by atoms with Crippen LogP contribution in [0.1, 0.15) is 77.2 Å². The van der Waals surface area contributed by atoms with Crippen molar-refractivity contribution in [3.63, 3.8) is 0 Å². The molecule has 0 amide bonds. The SMILES string of the molecule is CCC1CCCC(c2nc(N)c(I)c(C(C)(C)C)n2)C1. The summed E-state index contributed by atoms with van der Waals surface area (Å²) in [7, 11) is 0. The van der Waals surface area contributed by atoms with Crippen LogP contribution in [0.4, 0.5) is 5.82 Å². The van der Waals surface area contributed by atoms with E-state index in [9.17, 15) is 0 Å². The quantitative estimate of drug-likeness (QED) is 0.752. The summed E-state index contributed by atoms with van der Waals surface area (Å²) < 4.78 is 1.02. The number of nitrogen functional groups attached to an aromatic ring is 1. The zero-order valence-corrected chi connectivity index (χ0v) is 15.2. The van der Waals surface area contributed by atoms with Crippen molar-refractivity contribution in [2.75, 3.05) is 5.73 Å². The molecule has 0 aromatic carbocycles.